The Morgan fingerprint density at radius 2 is 1.31 bits per heavy atom. The molecule has 7 aromatic carbocycles. The van der Waals surface area contributed by atoms with Gasteiger partial charge in [-0.1, -0.05) is 116 Å². The van der Waals surface area contributed by atoms with Gasteiger partial charge in [0.25, 0.3) is 0 Å². The Morgan fingerprint density at radius 1 is 0.577 bits per heavy atom. The van der Waals surface area contributed by atoms with Crippen molar-refractivity contribution < 1.29 is 8.83 Å². The Balaban J connectivity index is 1.05. The summed E-state index contributed by atoms with van der Waals surface area (Å²) in [5.74, 6) is 1.85. The van der Waals surface area contributed by atoms with Crippen LogP contribution in [0.25, 0.3) is 55.2 Å². The third-order valence-corrected chi connectivity index (χ3v) is 10.8. The average Bonchev–Trinajstić information content (AvgIpc) is 3.79. The molecule has 10 rings (SSSR count). The van der Waals surface area contributed by atoms with Gasteiger partial charge < -0.3 is 13.7 Å². The minimum Gasteiger partial charge on any atom is -0.460 e. The molecule has 9 aromatic rings. The predicted octanol–water partition coefficient (Wildman–Crippen LogP) is 13.8. The topological polar surface area (TPSA) is 29.5 Å². The van der Waals surface area contributed by atoms with Gasteiger partial charge in [-0.2, -0.15) is 0 Å². The smallest absolute Gasteiger partial charge is 0.185 e. The number of fused-ring (bicyclic) bond motifs is 6. The second-order valence-electron chi connectivity index (χ2n) is 13.9. The number of furan rings is 2. The fraction of sp³-hybridized carbons (Fsp3) is 0.102. The van der Waals surface area contributed by atoms with Crippen LogP contribution in [0.5, 0.6) is 0 Å². The molecule has 0 saturated heterocycles. The van der Waals surface area contributed by atoms with Crippen LogP contribution >= 0.6 is 0 Å². The Kier molecular flexibility index (Phi) is 7.22. The molecule has 2 aromatic heterocycles. The maximum atomic E-state index is 6.57. The summed E-state index contributed by atoms with van der Waals surface area (Å²) < 4.78 is 12.9. The monoisotopic (exact) mass is 669 g/mol. The van der Waals surface area contributed by atoms with E-state index in [4.69, 9.17) is 8.83 Å². The number of hydrogen-bond donors (Lipinski definition) is 0. The molecule has 2 unspecified atom stereocenters. The van der Waals surface area contributed by atoms with Gasteiger partial charge in [0.1, 0.15) is 16.9 Å². The van der Waals surface area contributed by atoms with Crippen LogP contribution in [0.15, 0.2) is 167 Å². The van der Waals surface area contributed by atoms with E-state index in [9.17, 15) is 0 Å². The Labute approximate surface area is 303 Å². The zero-order valence-electron chi connectivity index (χ0n) is 28.8. The summed E-state index contributed by atoms with van der Waals surface area (Å²) in [7, 11) is 0. The first kappa shape index (κ1) is 30.3. The van der Waals surface area contributed by atoms with Crippen LogP contribution in [0.3, 0.4) is 0 Å². The molecule has 0 bridgehead atoms. The number of rotatable bonds is 6. The van der Waals surface area contributed by atoms with Gasteiger partial charge in [-0.3, -0.25) is 0 Å². The van der Waals surface area contributed by atoms with Gasteiger partial charge in [0.15, 0.2) is 5.58 Å². The van der Waals surface area contributed by atoms with Crippen LogP contribution < -0.4 is 4.90 Å². The molecule has 0 N–H and O–H groups in total. The highest BCUT2D eigenvalue weighted by molar-refractivity contribution is 6.09. The molecular weight excluding hydrogens is 635 g/mol. The second-order valence-corrected chi connectivity index (χ2v) is 13.9. The van der Waals surface area contributed by atoms with E-state index >= 15 is 0 Å². The molecule has 52 heavy (non-hydrogen) atoms. The lowest BCUT2D eigenvalue weighted by atomic mass is 9.78. The molecule has 0 radical (unpaired) electrons. The summed E-state index contributed by atoms with van der Waals surface area (Å²) in [6.45, 7) is 2.33. The van der Waals surface area contributed by atoms with Crippen LogP contribution in [-0.2, 0) is 0 Å². The number of nitrogens with zero attached hydrogens (tertiary/aromatic N) is 1. The van der Waals surface area contributed by atoms with E-state index in [2.05, 4.69) is 170 Å². The number of benzene rings is 6. The first-order valence-electron chi connectivity index (χ1n) is 18.1. The fourth-order valence-corrected chi connectivity index (χ4v) is 8.27. The molecule has 2 heterocycles. The lowest BCUT2D eigenvalue weighted by molar-refractivity contribution is 0.443. The Hall–Kier alpha value is -6.50. The van der Waals surface area contributed by atoms with Crippen LogP contribution in [0, 0.1) is 12.1 Å². The summed E-state index contributed by atoms with van der Waals surface area (Å²) in [4.78, 5) is 2.35. The zero-order chi connectivity index (χ0) is 34.6. The first-order valence-corrected chi connectivity index (χ1v) is 18.1. The summed E-state index contributed by atoms with van der Waals surface area (Å²) in [6, 6.07) is 62.2. The fourth-order valence-electron chi connectivity index (χ4n) is 8.27. The highest BCUT2D eigenvalue weighted by atomic mass is 16.3. The first-order chi connectivity index (χ1) is 25.7. The normalized spacial score (nSPS) is 15.5. The quantitative estimate of drug-likeness (QED) is 0.176. The summed E-state index contributed by atoms with van der Waals surface area (Å²) in [5.41, 5.74) is 13.1. The van der Waals surface area contributed by atoms with Crippen molar-refractivity contribution in [3.63, 3.8) is 0 Å². The van der Waals surface area contributed by atoms with Gasteiger partial charge in [0.05, 0.1) is 0 Å². The molecule has 3 nitrogen and oxygen atoms in total. The van der Waals surface area contributed by atoms with Gasteiger partial charge in [0, 0.05) is 50.3 Å². The van der Waals surface area contributed by atoms with Crippen molar-refractivity contribution in [1.82, 2.24) is 0 Å². The summed E-state index contributed by atoms with van der Waals surface area (Å²) in [6.07, 6.45) is 2.22. The second kappa shape index (κ2) is 12.4. The minimum atomic E-state index is 0.234. The summed E-state index contributed by atoms with van der Waals surface area (Å²) in [5, 5.41) is 3.40. The van der Waals surface area contributed by atoms with E-state index in [-0.39, 0.29) is 5.92 Å². The van der Waals surface area contributed by atoms with Crippen molar-refractivity contribution >= 4 is 50.0 Å². The molecule has 0 saturated carbocycles. The molecule has 1 aliphatic rings. The van der Waals surface area contributed by atoms with E-state index in [1.165, 1.54) is 27.6 Å². The highest BCUT2D eigenvalue weighted by Crippen LogP contribution is 2.47. The van der Waals surface area contributed by atoms with E-state index in [1.807, 2.05) is 12.1 Å². The van der Waals surface area contributed by atoms with Crippen LogP contribution in [0.1, 0.15) is 48.5 Å². The largest absolute Gasteiger partial charge is 0.460 e. The molecular formula is C49H35NO2. The maximum Gasteiger partial charge on any atom is 0.185 e. The van der Waals surface area contributed by atoms with Gasteiger partial charge in [-0.05, 0) is 102 Å². The number of para-hydroxylation sites is 2. The van der Waals surface area contributed by atoms with Crippen LogP contribution in [0.4, 0.5) is 17.1 Å². The van der Waals surface area contributed by atoms with E-state index < -0.39 is 0 Å². The predicted molar refractivity (Wildman–Crippen MR) is 213 cm³/mol. The number of hydrogen-bond acceptors (Lipinski definition) is 3. The van der Waals surface area contributed by atoms with Gasteiger partial charge in [-0.15, -0.1) is 0 Å². The SMILES string of the molecule is CC1CCC(c2ccc(N(c3ccc(-c4cccc5c4oc4c#cccc45)cc3)c3cccc(-c4ccccc4)c3)cc2)c2oc3ccccc3c21. The van der Waals surface area contributed by atoms with Gasteiger partial charge in [0.2, 0.25) is 0 Å². The molecule has 0 spiro atoms. The third kappa shape index (κ3) is 5.07. The lowest BCUT2D eigenvalue weighted by Gasteiger charge is -2.28. The highest BCUT2D eigenvalue weighted by Gasteiger charge is 2.32. The average molecular weight is 670 g/mol. The van der Waals surface area contributed by atoms with Crippen LogP contribution in [0.2, 0.25) is 0 Å². The van der Waals surface area contributed by atoms with Crippen molar-refractivity contribution in [2.24, 2.45) is 0 Å². The van der Waals surface area contributed by atoms with Crippen molar-refractivity contribution in [1.29, 1.82) is 0 Å². The third-order valence-electron chi connectivity index (χ3n) is 10.8. The van der Waals surface area contributed by atoms with Gasteiger partial charge >= 0.3 is 0 Å². The van der Waals surface area contributed by atoms with E-state index in [0.717, 1.165) is 74.3 Å². The van der Waals surface area contributed by atoms with E-state index in [0.29, 0.717) is 5.92 Å². The molecule has 1 aliphatic carbocycles. The minimum absolute atomic E-state index is 0.234. The van der Waals surface area contributed by atoms with Crippen molar-refractivity contribution in [3.05, 3.63) is 187 Å². The van der Waals surface area contributed by atoms with Gasteiger partial charge in [-0.25, -0.2) is 0 Å². The van der Waals surface area contributed by atoms with Crippen LogP contribution in [-0.4, -0.2) is 0 Å². The van der Waals surface area contributed by atoms with Crippen molar-refractivity contribution in [2.75, 3.05) is 4.90 Å². The Bertz CT molecular complexity index is 2700. The lowest BCUT2D eigenvalue weighted by Crippen LogP contribution is -2.13. The van der Waals surface area contributed by atoms with Crippen molar-refractivity contribution in [3.8, 4) is 22.3 Å². The Morgan fingerprint density at radius 3 is 2.15 bits per heavy atom. The van der Waals surface area contributed by atoms with Crippen molar-refractivity contribution in [2.45, 2.75) is 31.6 Å². The number of anilines is 3. The molecule has 0 amide bonds. The molecule has 3 heteroatoms. The molecule has 2 atom stereocenters. The standard InChI is InChI=1S/C49H35NO2/c1-32-21-30-41(49-47(32)44-16-6-8-20-46(44)52-49)35-24-28-38(29-25-35)50(39-14-9-13-36(31-39)33-11-3-2-4-12-33)37-26-22-34(23-27-37)40-17-10-18-43-42-15-5-7-19-45(42)51-48(40)43/h2-6,8-18,20,22-29,31-32,41H,21,30H2,1H3. The molecule has 0 fully saturated rings. The zero-order valence-corrected chi connectivity index (χ0v) is 28.8. The van der Waals surface area contributed by atoms with E-state index in [1.54, 1.807) is 0 Å². The molecule has 248 valence electrons. The molecule has 0 aliphatic heterocycles. The summed E-state index contributed by atoms with van der Waals surface area (Å²) >= 11 is 0. The maximum absolute atomic E-state index is 6.57.